The van der Waals surface area contributed by atoms with E-state index in [1.807, 2.05) is 0 Å². The summed E-state index contributed by atoms with van der Waals surface area (Å²) in [4.78, 5) is 30.8. The summed E-state index contributed by atoms with van der Waals surface area (Å²) >= 11 is 0. The van der Waals surface area contributed by atoms with E-state index < -0.39 is 29.0 Å². The third-order valence-corrected chi connectivity index (χ3v) is 1.64. The number of carbonyl (C=O) groups is 2. The lowest BCUT2D eigenvalue weighted by Crippen LogP contribution is -2.20. The van der Waals surface area contributed by atoms with Gasteiger partial charge in [0.2, 0.25) is 5.91 Å². The molecule has 1 aromatic heterocycles. The van der Waals surface area contributed by atoms with Crippen LogP contribution in [-0.2, 0) is 11.3 Å². The largest absolute Gasteiger partial charge is 0.477 e. The number of carboxylic acids is 1. The molecule has 1 amide bonds. The number of aromatic carboxylic acids is 1. The number of nitro groups is 1. The van der Waals surface area contributed by atoms with Crippen LogP contribution in [0.2, 0.25) is 0 Å². The van der Waals surface area contributed by atoms with E-state index in [1.54, 1.807) is 0 Å². The standard InChI is InChI=1S/C7H7N3O5/c8-6(11)3-9-2-4(10(14)15)1-5(9)7(12)13/h1-2H,3H2,(H2,8,11)(H,12,13). The van der Waals surface area contributed by atoms with Crippen molar-refractivity contribution in [1.82, 2.24) is 4.57 Å². The molecule has 0 aromatic carbocycles. The second-order valence-electron chi connectivity index (χ2n) is 2.74. The summed E-state index contributed by atoms with van der Waals surface area (Å²) in [6.07, 6.45) is 0.953. The first kappa shape index (κ1) is 10.7. The Hall–Kier alpha value is -2.38. The van der Waals surface area contributed by atoms with Crippen molar-refractivity contribution in [3.63, 3.8) is 0 Å². The Balaban J connectivity index is 3.17. The van der Waals surface area contributed by atoms with Gasteiger partial charge in [-0.1, -0.05) is 0 Å². The van der Waals surface area contributed by atoms with Crippen LogP contribution in [-0.4, -0.2) is 26.5 Å². The number of nitrogens with two attached hydrogens (primary N) is 1. The summed E-state index contributed by atoms with van der Waals surface area (Å²) in [7, 11) is 0. The molecule has 1 rings (SSSR count). The summed E-state index contributed by atoms with van der Waals surface area (Å²) in [6.45, 7) is -0.407. The first-order chi connectivity index (χ1) is 6.91. The molecule has 0 aliphatic heterocycles. The molecule has 0 unspecified atom stereocenters. The fourth-order valence-electron chi connectivity index (χ4n) is 1.07. The number of rotatable bonds is 4. The van der Waals surface area contributed by atoms with E-state index in [-0.39, 0.29) is 5.69 Å². The molecule has 0 saturated carbocycles. The Morgan fingerprint density at radius 3 is 2.60 bits per heavy atom. The highest BCUT2D eigenvalue weighted by molar-refractivity contribution is 5.87. The summed E-state index contributed by atoms with van der Waals surface area (Å²) in [5.74, 6) is -2.13. The van der Waals surface area contributed by atoms with Crippen LogP contribution < -0.4 is 5.73 Å². The van der Waals surface area contributed by atoms with E-state index in [4.69, 9.17) is 10.8 Å². The van der Waals surface area contributed by atoms with Gasteiger partial charge in [-0.05, 0) is 0 Å². The van der Waals surface area contributed by atoms with E-state index in [0.717, 1.165) is 16.8 Å². The van der Waals surface area contributed by atoms with Crippen LogP contribution in [0.4, 0.5) is 5.69 Å². The SMILES string of the molecule is NC(=O)Cn1cc([N+](=O)[O-])cc1C(=O)O. The van der Waals surface area contributed by atoms with Crippen LogP contribution in [0.1, 0.15) is 10.5 Å². The first-order valence-electron chi connectivity index (χ1n) is 3.78. The molecule has 1 aromatic rings. The van der Waals surface area contributed by atoms with E-state index >= 15 is 0 Å². The van der Waals surface area contributed by atoms with Gasteiger partial charge >= 0.3 is 5.97 Å². The van der Waals surface area contributed by atoms with Crippen molar-refractivity contribution in [3.8, 4) is 0 Å². The van der Waals surface area contributed by atoms with E-state index in [1.165, 1.54) is 0 Å². The molecule has 0 saturated heterocycles. The van der Waals surface area contributed by atoms with Gasteiger partial charge in [0.05, 0.1) is 11.1 Å². The third-order valence-electron chi connectivity index (χ3n) is 1.64. The number of carboxylic acid groups (broad SMARTS) is 1. The van der Waals surface area contributed by atoms with Crippen molar-refractivity contribution in [2.75, 3.05) is 0 Å². The van der Waals surface area contributed by atoms with Crippen LogP contribution in [0.5, 0.6) is 0 Å². The lowest BCUT2D eigenvalue weighted by atomic mass is 10.4. The van der Waals surface area contributed by atoms with Gasteiger partial charge in [-0.2, -0.15) is 0 Å². The molecule has 0 bridgehead atoms. The highest BCUT2D eigenvalue weighted by atomic mass is 16.6. The highest BCUT2D eigenvalue weighted by Gasteiger charge is 2.19. The molecular formula is C7H7N3O5. The van der Waals surface area contributed by atoms with Crippen molar-refractivity contribution in [2.45, 2.75) is 6.54 Å². The van der Waals surface area contributed by atoms with Crippen LogP contribution in [0.3, 0.4) is 0 Å². The molecule has 80 valence electrons. The Kier molecular flexibility index (Phi) is 2.70. The number of amides is 1. The second kappa shape index (κ2) is 3.78. The average Bonchev–Trinajstić information content (AvgIpc) is 2.46. The van der Waals surface area contributed by atoms with Crippen molar-refractivity contribution < 1.29 is 19.6 Å². The maximum atomic E-state index is 10.6. The van der Waals surface area contributed by atoms with Gasteiger partial charge in [0.25, 0.3) is 5.69 Å². The maximum Gasteiger partial charge on any atom is 0.352 e. The fourth-order valence-corrected chi connectivity index (χ4v) is 1.07. The Labute approximate surface area is 83.1 Å². The molecule has 0 spiro atoms. The minimum Gasteiger partial charge on any atom is -0.477 e. The van der Waals surface area contributed by atoms with Crippen LogP contribution in [0.25, 0.3) is 0 Å². The highest BCUT2D eigenvalue weighted by Crippen LogP contribution is 2.16. The Bertz CT molecular complexity index is 436. The number of primary amides is 1. The summed E-state index contributed by atoms with van der Waals surface area (Å²) in [5.41, 5.74) is 4.11. The van der Waals surface area contributed by atoms with Crippen molar-refractivity contribution in [2.24, 2.45) is 5.73 Å². The molecule has 0 radical (unpaired) electrons. The predicted octanol–water partition coefficient (Wildman–Crippen LogP) is -0.420. The summed E-state index contributed by atoms with van der Waals surface area (Å²) < 4.78 is 0.919. The van der Waals surface area contributed by atoms with Gasteiger partial charge in [-0.3, -0.25) is 14.9 Å². The topological polar surface area (TPSA) is 128 Å². The van der Waals surface area contributed by atoms with Gasteiger partial charge in [-0.15, -0.1) is 0 Å². The predicted molar refractivity (Wildman–Crippen MR) is 47.2 cm³/mol. The minimum absolute atomic E-state index is 0.347. The number of nitrogens with zero attached hydrogens (tertiary/aromatic N) is 2. The summed E-state index contributed by atoms with van der Waals surface area (Å²) in [5, 5.41) is 19.0. The smallest absolute Gasteiger partial charge is 0.352 e. The van der Waals surface area contributed by atoms with Gasteiger partial charge in [0.1, 0.15) is 12.2 Å². The Morgan fingerprint density at radius 2 is 2.20 bits per heavy atom. The van der Waals surface area contributed by atoms with Gasteiger partial charge in [0, 0.05) is 6.07 Å². The molecule has 8 nitrogen and oxygen atoms in total. The fraction of sp³-hybridized carbons (Fsp3) is 0.143. The molecule has 0 fully saturated rings. The maximum absolute atomic E-state index is 10.6. The Morgan fingerprint density at radius 1 is 1.60 bits per heavy atom. The molecule has 15 heavy (non-hydrogen) atoms. The number of hydrogen-bond acceptors (Lipinski definition) is 4. The lowest BCUT2D eigenvalue weighted by Gasteiger charge is -2.00. The molecule has 0 aliphatic carbocycles. The van der Waals surface area contributed by atoms with Crippen molar-refractivity contribution in [3.05, 3.63) is 28.1 Å². The van der Waals surface area contributed by atoms with Gasteiger partial charge < -0.3 is 15.4 Å². The monoisotopic (exact) mass is 213 g/mol. The van der Waals surface area contributed by atoms with Crippen LogP contribution >= 0.6 is 0 Å². The van der Waals surface area contributed by atoms with Gasteiger partial charge in [-0.25, -0.2) is 4.79 Å². The number of hydrogen-bond donors (Lipinski definition) is 2. The van der Waals surface area contributed by atoms with E-state index in [9.17, 15) is 19.7 Å². The molecule has 8 heteroatoms. The van der Waals surface area contributed by atoms with Crippen LogP contribution in [0.15, 0.2) is 12.3 Å². The van der Waals surface area contributed by atoms with Crippen molar-refractivity contribution >= 4 is 17.6 Å². The third kappa shape index (κ3) is 2.30. The van der Waals surface area contributed by atoms with Crippen molar-refractivity contribution in [1.29, 1.82) is 0 Å². The molecule has 0 atom stereocenters. The molecular weight excluding hydrogens is 206 g/mol. The number of aromatic nitrogens is 1. The normalized spacial score (nSPS) is 9.87. The minimum atomic E-state index is -1.36. The molecule has 3 N–H and O–H groups in total. The van der Waals surface area contributed by atoms with Crippen LogP contribution in [0, 0.1) is 10.1 Å². The quantitative estimate of drug-likeness (QED) is 0.518. The lowest BCUT2D eigenvalue weighted by molar-refractivity contribution is -0.384. The zero-order chi connectivity index (χ0) is 11.6. The average molecular weight is 213 g/mol. The second-order valence-corrected chi connectivity index (χ2v) is 2.74. The first-order valence-corrected chi connectivity index (χ1v) is 3.78. The molecule has 1 heterocycles. The van der Waals surface area contributed by atoms with E-state index in [0.29, 0.717) is 0 Å². The zero-order valence-corrected chi connectivity index (χ0v) is 7.41. The zero-order valence-electron chi connectivity index (χ0n) is 7.41. The summed E-state index contributed by atoms with van der Waals surface area (Å²) in [6, 6.07) is 0.866. The molecule has 0 aliphatic rings. The van der Waals surface area contributed by atoms with E-state index in [2.05, 4.69) is 0 Å². The number of carbonyl (C=O) groups excluding carboxylic acids is 1. The van der Waals surface area contributed by atoms with Gasteiger partial charge in [0.15, 0.2) is 0 Å².